The topological polar surface area (TPSA) is 76.8 Å². The van der Waals surface area contributed by atoms with Crippen molar-refractivity contribution in [2.45, 2.75) is 25.9 Å². The third-order valence-corrected chi connectivity index (χ3v) is 5.47. The molecule has 1 amide bonds. The van der Waals surface area contributed by atoms with Crippen LogP contribution in [0.25, 0.3) is 4.96 Å². The van der Waals surface area contributed by atoms with Gasteiger partial charge in [0.25, 0.3) is 11.5 Å². The van der Waals surface area contributed by atoms with Gasteiger partial charge >= 0.3 is 0 Å². The van der Waals surface area contributed by atoms with E-state index in [0.29, 0.717) is 18.1 Å². The molecule has 0 saturated carbocycles. The first-order chi connectivity index (χ1) is 12.6. The van der Waals surface area contributed by atoms with Crippen molar-refractivity contribution < 1.29 is 9.53 Å². The third-order valence-electron chi connectivity index (χ3n) is 4.51. The maximum absolute atomic E-state index is 12.8. The molecule has 8 heteroatoms. The summed E-state index contributed by atoms with van der Waals surface area (Å²) in [7, 11) is 0. The van der Waals surface area contributed by atoms with Crippen LogP contribution >= 0.6 is 11.3 Å². The first kappa shape index (κ1) is 16.7. The number of piperidine rings is 1. The first-order valence-electron chi connectivity index (χ1n) is 8.45. The Morgan fingerprint density at radius 2 is 2.12 bits per heavy atom. The molecule has 0 aromatic carbocycles. The summed E-state index contributed by atoms with van der Waals surface area (Å²) >= 11 is 1.39. The number of hydrogen-bond donors (Lipinski definition) is 0. The third kappa shape index (κ3) is 3.08. The fourth-order valence-electron chi connectivity index (χ4n) is 3.13. The molecule has 3 aromatic heterocycles. The minimum atomic E-state index is -0.299. The Bertz CT molecular complexity index is 991. The summed E-state index contributed by atoms with van der Waals surface area (Å²) in [6.45, 7) is 2.94. The molecular formula is C18H18N4O3S. The number of aryl methyl sites for hydroxylation is 1. The van der Waals surface area contributed by atoms with Crippen LogP contribution in [0.2, 0.25) is 0 Å². The molecule has 3 aromatic rings. The predicted octanol–water partition coefficient (Wildman–Crippen LogP) is 2.14. The summed E-state index contributed by atoms with van der Waals surface area (Å²) in [6, 6.07) is 3.70. The van der Waals surface area contributed by atoms with Gasteiger partial charge in [-0.05, 0) is 19.1 Å². The maximum atomic E-state index is 12.8. The molecule has 0 spiro atoms. The zero-order valence-electron chi connectivity index (χ0n) is 14.3. The van der Waals surface area contributed by atoms with Gasteiger partial charge in [-0.15, -0.1) is 11.3 Å². The van der Waals surface area contributed by atoms with E-state index >= 15 is 0 Å². The summed E-state index contributed by atoms with van der Waals surface area (Å²) in [4.78, 5) is 36.0. The molecular weight excluding hydrogens is 352 g/mol. The zero-order valence-corrected chi connectivity index (χ0v) is 15.1. The van der Waals surface area contributed by atoms with Crippen LogP contribution in [0, 0.1) is 6.92 Å². The predicted molar refractivity (Wildman–Crippen MR) is 97.9 cm³/mol. The van der Waals surface area contributed by atoms with Gasteiger partial charge in [-0.1, -0.05) is 0 Å². The highest BCUT2D eigenvalue weighted by Gasteiger charge is 2.27. The summed E-state index contributed by atoms with van der Waals surface area (Å²) in [6.07, 6.45) is 6.26. The molecule has 4 rings (SSSR count). The largest absolute Gasteiger partial charge is 0.489 e. The van der Waals surface area contributed by atoms with Gasteiger partial charge in [-0.2, -0.15) is 0 Å². The van der Waals surface area contributed by atoms with Crippen LogP contribution in [0.3, 0.4) is 0 Å². The van der Waals surface area contributed by atoms with Crippen molar-refractivity contribution in [2.75, 3.05) is 13.1 Å². The van der Waals surface area contributed by atoms with Gasteiger partial charge in [0.15, 0.2) is 4.96 Å². The molecule has 0 atom stereocenters. The van der Waals surface area contributed by atoms with Gasteiger partial charge < -0.3 is 9.64 Å². The number of amides is 1. The lowest BCUT2D eigenvalue weighted by molar-refractivity contribution is 0.0593. The number of nitrogens with zero attached hydrogens (tertiary/aromatic N) is 4. The number of hydrogen-bond acceptors (Lipinski definition) is 6. The Morgan fingerprint density at radius 1 is 1.31 bits per heavy atom. The van der Waals surface area contributed by atoms with Gasteiger partial charge in [-0.25, -0.2) is 4.98 Å². The fourth-order valence-corrected chi connectivity index (χ4v) is 3.96. The number of pyridine rings is 1. The normalized spacial score (nSPS) is 15.3. The lowest BCUT2D eigenvalue weighted by atomic mass is 10.1. The standard InChI is InChI=1S/C18H18N4O3S/c1-12-11-26-18-20-10-15(17(24)22(12)18)16(23)21-7-4-13(5-8-21)25-14-3-2-6-19-9-14/h2-3,6,9-11,13H,4-5,7-8H2,1H3. The van der Waals surface area contributed by atoms with E-state index in [2.05, 4.69) is 9.97 Å². The van der Waals surface area contributed by atoms with Crippen molar-refractivity contribution in [2.24, 2.45) is 0 Å². The number of carbonyl (C=O) groups is 1. The number of ether oxygens (including phenoxy) is 1. The molecule has 1 aliphatic rings. The molecule has 134 valence electrons. The van der Waals surface area contributed by atoms with Crippen LogP contribution in [0.5, 0.6) is 5.75 Å². The van der Waals surface area contributed by atoms with Crippen molar-refractivity contribution in [3.05, 3.63) is 57.7 Å². The number of thiazole rings is 1. The molecule has 0 bridgehead atoms. The molecule has 7 nitrogen and oxygen atoms in total. The van der Waals surface area contributed by atoms with Crippen LogP contribution in [0.4, 0.5) is 0 Å². The van der Waals surface area contributed by atoms with Gasteiger partial charge in [-0.3, -0.25) is 19.0 Å². The van der Waals surface area contributed by atoms with Crippen molar-refractivity contribution >= 4 is 22.2 Å². The smallest absolute Gasteiger partial charge is 0.271 e. The fraction of sp³-hybridized carbons (Fsp3) is 0.333. The van der Waals surface area contributed by atoms with E-state index in [9.17, 15) is 9.59 Å². The number of likely N-dealkylation sites (tertiary alicyclic amines) is 1. The highest BCUT2D eigenvalue weighted by molar-refractivity contribution is 7.15. The van der Waals surface area contributed by atoms with Crippen molar-refractivity contribution in [1.82, 2.24) is 19.3 Å². The molecule has 1 fully saturated rings. The molecule has 1 aliphatic heterocycles. The highest BCUT2D eigenvalue weighted by Crippen LogP contribution is 2.19. The van der Waals surface area contributed by atoms with Gasteiger partial charge in [0, 0.05) is 49.4 Å². The Balaban J connectivity index is 1.46. The lowest BCUT2D eigenvalue weighted by Gasteiger charge is -2.32. The summed E-state index contributed by atoms with van der Waals surface area (Å²) in [5.41, 5.74) is 0.615. The number of aromatic nitrogens is 3. The monoisotopic (exact) mass is 370 g/mol. The van der Waals surface area contributed by atoms with E-state index in [0.717, 1.165) is 24.3 Å². The maximum Gasteiger partial charge on any atom is 0.271 e. The molecule has 1 saturated heterocycles. The average molecular weight is 370 g/mol. The van der Waals surface area contributed by atoms with Crippen LogP contribution in [0.15, 0.2) is 40.9 Å². The van der Waals surface area contributed by atoms with Crippen LogP contribution < -0.4 is 10.3 Å². The zero-order chi connectivity index (χ0) is 18.1. The van der Waals surface area contributed by atoms with E-state index in [1.165, 1.54) is 21.9 Å². The Morgan fingerprint density at radius 3 is 2.85 bits per heavy atom. The number of rotatable bonds is 3. The molecule has 0 N–H and O–H groups in total. The molecule has 0 unspecified atom stereocenters. The summed E-state index contributed by atoms with van der Waals surface area (Å²) in [5, 5.41) is 1.86. The summed E-state index contributed by atoms with van der Waals surface area (Å²) < 4.78 is 7.39. The first-order valence-corrected chi connectivity index (χ1v) is 9.33. The molecule has 4 heterocycles. The van der Waals surface area contributed by atoms with Gasteiger partial charge in [0.05, 0.1) is 6.20 Å². The Hall–Kier alpha value is -2.74. The molecule has 26 heavy (non-hydrogen) atoms. The molecule has 0 aliphatic carbocycles. The van der Waals surface area contributed by atoms with E-state index < -0.39 is 0 Å². The second kappa shape index (κ2) is 6.87. The van der Waals surface area contributed by atoms with E-state index in [1.807, 2.05) is 24.4 Å². The lowest BCUT2D eigenvalue weighted by Crippen LogP contribution is -2.43. The summed E-state index contributed by atoms with van der Waals surface area (Å²) in [5.74, 6) is 0.473. The average Bonchev–Trinajstić information content (AvgIpc) is 3.05. The van der Waals surface area contributed by atoms with Crippen molar-refractivity contribution in [1.29, 1.82) is 0 Å². The SMILES string of the molecule is Cc1csc2ncc(C(=O)N3CCC(Oc4cccnc4)CC3)c(=O)n12. The van der Waals surface area contributed by atoms with Crippen LogP contribution in [-0.2, 0) is 0 Å². The Labute approximate surface area is 153 Å². The van der Waals surface area contributed by atoms with Crippen LogP contribution in [-0.4, -0.2) is 44.4 Å². The van der Waals surface area contributed by atoms with E-state index in [4.69, 9.17) is 4.74 Å². The number of fused-ring (bicyclic) bond motifs is 1. The van der Waals surface area contributed by atoms with Gasteiger partial charge in [0.2, 0.25) is 0 Å². The van der Waals surface area contributed by atoms with Gasteiger partial charge in [0.1, 0.15) is 17.4 Å². The van der Waals surface area contributed by atoms with Crippen molar-refractivity contribution in [3.63, 3.8) is 0 Å². The minimum Gasteiger partial charge on any atom is -0.489 e. The number of carbonyl (C=O) groups excluding carboxylic acids is 1. The Kier molecular flexibility index (Phi) is 4.42. The van der Waals surface area contributed by atoms with Crippen molar-refractivity contribution in [3.8, 4) is 5.75 Å². The second-order valence-corrected chi connectivity index (χ2v) is 7.11. The quantitative estimate of drug-likeness (QED) is 0.706. The highest BCUT2D eigenvalue weighted by atomic mass is 32.1. The molecule has 0 radical (unpaired) electrons. The van der Waals surface area contributed by atoms with Crippen LogP contribution in [0.1, 0.15) is 28.9 Å². The van der Waals surface area contributed by atoms with E-state index in [-0.39, 0.29) is 23.1 Å². The second-order valence-electron chi connectivity index (χ2n) is 6.27. The van der Waals surface area contributed by atoms with E-state index in [1.54, 1.807) is 17.3 Å². The minimum absolute atomic E-state index is 0.0454.